The number of hydrogen-bond donors (Lipinski definition) is 1. The molecular formula is C10H12Cl2N4O2. The van der Waals surface area contributed by atoms with Crippen molar-refractivity contribution in [2.45, 2.75) is 13.0 Å². The van der Waals surface area contributed by atoms with Gasteiger partial charge in [-0.25, -0.2) is 4.79 Å². The first kappa shape index (κ1) is 13.2. The Labute approximate surface area is 114 Å². The Kier molecular flexibility index (Phi) is 3.77. The topological polar surface area (TPSA) is 69.6 Å². The first-order chi connectivity index (χ1) is 8.49. The molecule has 1 fully saturated rings. The number of halogens is 2. The predicted octanol–water partition coefficient (Wildman–Crippen LogP) is 1.97. The number of nitrogens with zero attached hydrogens (tertiary/aromatic N) is 4. The molecule has 1 aromatic rings. The molecule has 0 aromatic carbocycles. The van der Waals surface area contributed by atoms with Crippen molar-refractivity contribution in [3.05, 3.63) is 16.4 Å². The fourth-order valence-electron chi connectivity index (χ4n) is 2.03. The molecule has 0 bridgehead atoms. The maximum Gasteiger partial charge on any atom is 0.407 e. The number of aromatic nitrogens is 2. The Bertz CT molecular complexity index is 471. The molecule has 8 heteroatoms. The van der Waals surface area contributed by atoms with E-state index in [1.165, 1.54) is 4.90 Å². The molecule has 2 heterocycles. The lowest BCUT2D eigenvalue weighted by Gasteiger charge is -2.40. The Morgan fingerprint density at radius 3 is 2.78 bits per heavy atom. The van der Waals surface area contributed by atoms with Crippen LogP contribution in [-0.4, -0.2) is 52.0 Å². The van der Waals surface area contributed by atoms with E-state index in [-0.39, 0.29) is 16.3 Å². The zero-order valence-corrected chi connectivity index (χ0v) is 11.2. The molecule has 1 saturated heterocycles. The van der Waals surface area contributed by atoms with E-state index < -0.39 is 6.09 Å². The van der Waals surface area contributed by atoms with Crippen LogP contribution in [0.3, 0.4) is 0 Å². The van der Waals surface area contributed by atoms with Crippen molar-refractivity contribution < 1.29 is 9.90 Å². The molecule has 6 nitrogen and oxygen atoms in total. The summed E-state index contributed by atoms with van der Waals surface area (Å²) in [6.45, 7) is 3.33. The fraction of sp³-hybridized carbons (Fsp3) is 0.500. The minimum absolute atomic E-state index is 0.00705. The van der Waals surface area contributed by atoms with E-state index in [1.54, 1.807) is 6.07 Å². The van der Waals surface area contributed by atoms with Gasteiger partial charge in [-0.3, -0.25) is 0 Å². The fourth-order valence-corrected chi connectivity index (χ4v) is 2.38. The second-order valence-electron chi connectivity index (χ2n) is 4.11. The monoisotopic (exact) mass is 290 g/mol. The third-order valence-corrected chi connectivity index (χ3v) is 3.36. The molecule has 1 aromatic heterocycles. The summed E-state index contributed by atoms with van der Waals surface area (Å²) in [5.74, 6) is 0. The Hall–Kier alpha value is -1.27. The van der Waals surface area contributed by atoms with Crippen LogP contribution in [0.1, 0.15) is 6.92 Å². The van der Waals surface area contributed by atoms with Gasteiger partial charge in [-0.2, -0.15) is 0 Å². The molecule has 1 aliphatic heterocycles. The van der Waals surface area contributed by atoms with Crippen LogP contribution in [0.4, 0.5) is 10.5 Å². The molecule has 0 spiro atoms. The highest BCUT2D eigenvalue weighted by molar-refractivity contribution is 6.33. The number of carbonyl (C=O) groups is 1. The molecule has 0 saturated carbocycles. The van der Waals surface area contributed by atoms with Gasteiger partial charge in [0.05, 0.1) is 5.69 Å². The van der Waals surface area contributed by atoms with Crippen LogP contribution in [-0.2, 0) is 0 Å². The number of amides is 1. The van der Waals surface area contributed by atoms with E-state index in [0.29, 0.717) is 25.3 Å². The lowest BCUT2D eigenvalue weighted by molar-refractivity contribution is 0.136. The number of hydrogen-bond acceptors (Lipinski definition) is 4. The molecule has 18 heavy (non-hydrogen) atoms. The first-order valence-corrected chi connectivity index (χ1v) is 6.18. The predicted molar refractivity (Wildman–Crippen MR) is 68.5 cm³/mol. The highest BCUT2D eigenvalue weighted by Crippen LogP contribution is 2.28. The van der Waals surface area contributed by atoms with Gasteiger partial charge in [-0.15, -0.1) is 10.2 Å². The van der Waals surface area contributed by atoms with Crippen molar-refractivity contribution in [3.63, 3.8) is 0 Å². The Morgan fingerprint density at radius 2 is 2.17 bits per heavy atom. The van der Waals surface area contributed by atoms with Gasteiger partial charge in [0.1, 0.15) is 0 Å². The van der Waals surface area contributed by atoms with E-state index in [2.05, 4.69) is 10.2 Å². The molecule has 2 rings (SSSR count). The Balaban J connectivity index is 2.20. The zero-order valence-electron chi connectivity index (χ0n) is 9.68. The Morgan fingerprint density at radius 1 is 1.44 bits per heavy atom. The molecule has 1 N–H and O–H groups in total. The van der Waals surface area contributed by atoms with Crippen molar-refractivity contribution in [2.75, 3.05) is 24.5 Å². The SMILES string of the molecule is C[C@@H]1CN(C(=O)O)CCN1c1cc(Cl)nnc1Cl. The molecule has 1 aliphatic rings. The standard InChI is InChI=1S/C10H12Cl2N4O2/c1-6-5-15(10(17)18)2-3-16(6)7-4-8(11)13-14-9(7)12/h4,6H,2-3,5H2,1H3,(H,17,18)/t6-/m1/s1. The van der Waals surface area contributed by atoms with E-state index in [9.17, 15) is 4.79 Å². The smallest absolute Gasteiger partial charge is 0.407 e. The quantitative estimate of drug-likeness (QED) is 0.856. The van der Waals surface area contributed by atoms with Crippen LogP contribution in [0.25, 0.3) is 0 Å². The van der Waals surface area contributed by atoms with Crippen LogP contribution in [0.2, 0.25) is 10.3 Å². The molecule has 1 amide bonds. The summed E-state index contributed by atoms with van der Waals surface area (Å²) >= 11 is 11.8. The van der Waals surface area contributed by atoms with Gasteiger partial charge >= 0.3 is 6.09 Å². The van der Waals surface area contributed by atoms with Crippen molar-refractivity contribution in [2.24, 2.45) is 0 Å². The lowest BCUT2D eigenvalue weighted by Crippen LogP contribution is -2.53. The number of piperazine rings is 1. The number of rotatable bonds is 1. The van der Waals surface area contributed by atoms with Gasteiger partial charge in [0.25, 0.3) is 0 Å². The molecule has 98 valence electrons. The highest BCUT2D eigenvalue weighted by atomic mass is 35.5. The summed E-state index contributed by atoms with van der Waals surface area (Å²) < 4.78 is 0. The lowest BCUT2D eigenvalue weighted by atomic mass is 10.2. The minimum Gasteiger partial charge on any atom is -0.465 e. The maximum atomic E-state index is 10.9. The van der Waals surface area contributed by atoms with E-state index in [1.807, 2.05) is 11.8 Å². The third kappa shape index (κ3) is 2.59. The average molecular weight is 291 g/mol. The maximum absolute atomic E-state index is 10.9. The van der Waals surface area contributed by atoms with Gasteiger partial charge in [0.15, 0.2) is 10.3 Å². The van der Waals surface area contributed by atoms with E-state index in [0.717, 1.165) is 0 Å². The van der Waals surface area contributed by atoms with Gasteiger partial charge < -0.3 is 14.9 Å². The van der Waals surface area contributed by atoms with Crippen molar-refractivity contribution in [3.8, 4) is 0 Å². The van der Waals surface area contributed by atoms with Crippen LogP contribution in [0.15, 0.2) is 6.07 Å². The number of anilines is 1. The van der Waals surface area contributed by atoms with Crippen LogP contribution < -0.4 is 4.90 Å². The summed E-state index contributed by atoms with van der Waals surface area (Å²) in [5.41, 5.74) is 0.689. The van der Waals surface area contributed by atoms with E-state index in [4.69, 9.17) is 28.3 Å². The van der Waals surface area contributed by atoms with Gasteiger partial charge in [-0.05, 0) is 6.92 Å². The third-order valence-electron chi connectivity index (χ3n) is 2.91. The average Bonchev–Trinajstić information content (AvgIpc) is 2.32. The largest absolute Gasteiger partial charge is 0.465 e. The van der Waals surface area contributed by atoms with E-state index >= 15 is 0 Å². The summed E-state index contributed by atoms with van der Waals surface area (Å²) in [6, 6.07) is 1.65. The second-order valence-corrected chi connectivity index (χ2v) is 4.86. The molecule has 0 unspecified atom stereocenters. The summed E-state index contributed by atoms with van der Waals surface area (Å²) in [7, 11) is 0. The van der Waals surface area contributed by atoms with Crippen LogP contribution in [0.5, 0.6) is 0 Å². The normalized spacial score (nSPS) is 20.1. The first-order valence-electron chi connectivity index (χ1n) is 5.42. The molecular weight excluding hydrogens is 279 g/mol. The molecule has 0 radical (unpaired) electrons. The summed E-state index contributed by atoms with van der Waals surface area (Å²) in [6.07, 6.45) is -0.904. The molecule has 0 aliphatic carbocycles. The molecule has 1 atom stereocenters. The van der Waals surface area contributed by atoms with Gasteiger partial charge in [-0.1, -0.05) is 23.2 Å². The summed E-state index contributed by atoms with van der Waals surface area (Å²) in [5, 5.41) is 16.9. The second kappa shape index (κ2) is 5.16. The van der Waals surface area contributed by atoms with Gasteiger partial charge in [0, 0.05) is 31.7 Å². The number of carboxylic acid groups (broad SMARTS) is 1. The van der Waals surface area contributed by atoms with Gasteiger partial charge in [0.2, 0.25) is 0 Å². The minimum atomic E-state index is -0.904. The van der Waals surface area contributed by atoms with Crippen molar-refractivity contribution >= 4 is 35.0 Å². The highest BCUT2D eigenvalue weighted by Gasteiger charge is 2.28. The van der Waals surface area contributed by atoms with Crippen LogP contribution >= 0.6 is 23.2 Å². The summed E-state index contributed by atoms with van der Waals surface area (Å²) in [4.78, 5) is 14.3. The van der Waals surface area contributed by atoms with Crippen LogP contribution in [0, 0.1) is 0 Å². The zero-order chi connectivity index (χ0) is 13.3. The van der Waals surface area contributed by atoms with Crippen molar-refractivity contribution in [1.82, 2.24) is 15.1 Å². The van der Waals surface area contributed by atoms with Crippen molar-refractivity contribution in [1.29, 1.82) is 0 Å².